The molecule has 2 atom stereocenters. The summed E-state index contributed by atoms with van der Waals surface area (Å²) < 4.78 is 6.60. The number of anilines is 1. The summed E-state index contributed by atoms with van der Waals surface area (Å²) in [5, 5.41) is 3.62. The third kappa shape index (κ3) is 3.02. The lowest BCUT2D eigenvalue weighted by Gasteiger charge is -2.23. The lowest BCUT2D eigenvalue weighted by atomic mass is 10.00. The van der Waals surface area contributed by atoms with Crippen LogP contribution in [-0.4, -0.2) is 19.3 Å². The zero-order valence-corrected chi connectivity index (χ0v) is 12.3. The number of hydrogen-bond donors (Lipinski definition) is 1. The normalized spacial score (nSPS) is 21.5. The van der Waals surface area contributed by atoms with Crippen molar-refractivity contribution in [2.75, 3.05) is 18.5 Å². The van der Waals surface area contributed by atoms with Gasteiger partial charge in [0.1, 0.15) is 0 Å². The molecule has 1 aromatic rings. The van der Waals surface area contributed by atoms with Gasteiger partial charge in [0.2, 0.25) is 0 Å². The Balaban J connectivity index is 2.12. The molecule has 2 nitrogen and oxygen atoms in total. The molecule has 0 aliphatic carbocycles. The molecule has 1 heterocycles. The molecule has 1 fully saturated rings. The second-order valence-electron chi connectivity index (χ2n) is 5.00. The average Bonchev–Trinajstić information content (AvgIpc) is 2.76. The van der Waals surface area contributed by atoms with Gasteiger partial charge >= 0.3 is 0 Å². The van der Waals surface area contributed by atoms with Gasteiger partial charge in [-0.05, 0) is 60.3 Å². The van der Waals surface area contributed by atoms with Crippen LogP contribution in [0.25, 0.3) is 0 Å². The standard InChI is InChI=1S/C14H20BrNO/c1-9-6-10(2)14(13(15)7-9)16-11(3)12-4-5-17-8-12/h6-7,11-12,16H,4-5,8H2,1-3H3. The molecule has 2 rings (SSSR count). The van der Waals surface area contributed by atoms with E-state index in [0.717, 1.165) is 24.1 Å². The van der Waals surface area contributed by atoms with Crippen molar-refractivity contribution < 1.29 is 4.74 Å². The number of rotatable bonds is 3. The predicted molar refractivity (Wildman–Crippen MR) is 75.6 cm³/mol. The number of ether oxygens (including phenoxy) is 1. The molecule has 3 heteroatoms. The van der Waals surface area contributed by atoms with Crippen molar-refractivity contribution in [2.24, 2.45) is 5.92 Å². The number of halogens is 1. The topological polar surface area (TPSA) is 21.3 Å². The van der Waals surface area contributed by atoms with Crippen molar-refractivity contribution in [1.82, 2.24) is 0 Å². The minimum absolute atomic E-state index is 0.454. The quantitative estimate of drug-likeness (QED) is 0.913. The van der Waals surface area contributed by atoms with E-state index in [4.69, 9.17) is 4.74 Å². The first kappa shape index (κ1) is 12.9. The maximum Gasteiger partial charge on any atom is 0.0516 e. The van der Waals surface area contributed by atoms with E-state index in [-0.39, 0.29) is 0 Å². The summed E-state index contributed by atoms with van der Waals surface area (Å²) in [6.45, 7) is 8.31. The van der Waals surface area contributed by atoms with E-state index in [1.165, 1.54) is 16.8 Å². The maximum atomic E-state index is 5.44. The second kappa shape index (κ2) is 5.40. The summed E-state index contributed by atoms with van der Waals surface area (Å²) in [7, 11) is 0. The van der Waals surface area contributed by atoms with Crippen LogP contribution in [0.1, 0.15) is 24.5 Å². The van der Waals surface area contributed by atoms with Gasteiger partial charge in [-0.15, -0.1) is 0 Å². The third-order valence-electron chi connectivity index (χ3n) is 3.48. The van der Waals surface area contributed by atoms with E-state index < -0.39 is 0 Å². The van der Waals surface area contributed by atoms with E-state index >= 15 is 0 Å². The Hall–Kier alpha value is -0.540. The minimum Gasteiger partial charge on any atom is -0.381 e. The predicted octanol–water partition coefficient (Wildman–Crippen LogP) is 3.90. The fourth-order valence-electron chi connectivity index (χ4n) is 2.39. The molecule has 0 spiro atoms. The Morgan fingerprint density at radius 1 is 1.41 bits per heavy atom. The van der Waals surface area contributed by atoms with Gasteiger partial charge in [0.05, 0.1) is 12.3 Å². The van der Waals surface area contributed by atoms with Crippen LogP contribution in [-0.2, 0) is 4.74 Å². The van der Waals surface area contributed by atoms with Gasteiger partial charge in [-0.1, -0.05) is 6.07 Å². The van der Waals surface area contributed by atoms with Crippen LogP contribution in [0, 0.1) is 19.8 Å². The van der Waals surface area contributed by atoms with E-state index in [0.29, 0.717) is 12.0 Å². The molecule has 94 valence electrons. The lowest BCUT2D eigenvalue weighted by molar-refractivity contribution is 0.183. The second-order valence-corrected chi connectivity index (χ2v) is 5.85. The van der Waals surface area contributed by atoms with Gasteiger partial charge in [0.25, 0.3) is 0 Å². The highest BCUT2D eigenvalue weighted by atomic mass is 79.9. The van der Waals surface area contributed by atoms with Gasteiger partial charge < -0.3 is 10.1 Å². The Kier molecular flexibility index (Phi) is 4.10. The molecule has 17 heavy (non-hydrogen) atoms. The largest absolute Gasteiger partial charge is 0.381 e. The summed E-state index contributed by atoms with van der Waals surface area (Å²) in [6.07, 6.45) is 1.16. The Labute approximate surface area is 112 Å². The van der Waals surface area contributed by atoms with Crippen molar-refractivity contribution in [2.45, 2.75) is 33.2 Å². The fraction of sp³-hybridized carbons (Fsp3) is 0.571. The molecule has 0 saturated carbocycles. The van der Waals surface area contributed by atoms with Crippen molar-refractivity contribution in [3.05, 3.63) is 27.7 Å². The summed E-state index contributed by atoms with van der Waals surface area (Å²) in [5.41, 5.74) is 3.80. The molecule has 1 aliphatic heterocycles. The van der Waals surface area contributed by atoms with Crippen molar-refractivity contribution >= 4 is 21.6 Å². The third-order valence-corrected chi connectivity index (χ3v) is 4.10. The van der Waals surface area contributed by atoms with Crippen LogP contribution in [0.2, 0.25) is 0 Å². The first-order valence-corrected chi connectivity index (χ1v) is 6.98. The highest BCUT2D eigenvalue weighted by molar-refractivity contribution is 9.10. The first-order valence-electron chi connectivity index (χ1n) is 6.19. The van der Waals surface area contributed by atoms with Crippen LogP contribution in [0.15, 0.2) is 16.6 Å². The van der Waals surface area contributed by atoms with Crippen LogP contribution < -0.4 is 5.32 Å². The monoisotopic (exact) mass is 297 g/mol. The van der Waals surface area contributed by atoms with Crippen LogP contribution in [0.3, 0.4) is 0 Å². The molecule has 1 aliphatic rings. The van der Waals surface area contributed by atoms with E-state index in [1.807, 2.05) is 0 Å². The minimum atomic E-state index is 0.454. The number of hydrogen-bond acceptors (Lipinski definition) is 2. The first-order chi connectivity index (χ1) is 8.08. The van der Waals surface area contributed by atoms with Crippen molar-refractivity contribution in [3.63, 3.8) is 0 Å². The Bertz CT molecular complexity index is 376. The van der Waals surface area contributed by atoms with Crippen LogP contribution in [0.5, 0.6) is 0 Å². The number of benzene rings is 1. The highest BCUT2D eigenvalue weighted by Crippen LogP contribution is 2.30. The summed E-state index contributed by atoms with van der Waals surface area (Å²) in [5.74, 6) is 0.627. The fourth-order valence-corrected chi connectivity index (χ4v) is 3.18. The summed E-state index contributed by atoms with van der Waals surface area (Å²) >= 11 is 3.64. The number of nitrogens with one attached hydrogen (secondary N) is 1. The SMILES string of the molecule is Cc1cc(C)c(NC(C)C2CCOC2)c(Br)c1. The molecule has 0 bridgehead atoms. The van der Waals surface area contributed by atoms with Crippen molar-refractivity contribution in [1.29, 1.82) is 0 Å². The van der Waals surface area contributed by atoms with E-state index in [9.17, 15) is 0 Å². The lowest BCUT2D eigenvalue weighted by Crippen LogP contribution is -2.26. The van der Waals surface area contributed by atoms with Gasteiger partial charge in [0, 0.05) is 23.0 Å². The molecule has 1 saturated heterocycles. The summed E-state index contributed by atoms with van der Waals surface area (Å²) in [4.78, 5) is 0. The van der Waals surface area contributed by atoms with Crippen LogP contribution >= 0.6 is 15.9 Å². The molecule has 0 radical (unpaired) electrons. The molecule has 0 aromatic heterocycles. The molecule has 0 amide bonds. The Morgan fingerprint density at radius 3 is 2.76 bits per heavy atom. The summed E-state index contributed by atoms with van der Waals surface area (Å²) in [6, 6.07) is 4.83. The molecule has 2 unspecified atom stereocenters. The zero-order valence-electron chi connectivity index (χ0n) is 10.7. The molecule has 1 N–H and O–H groups in total. The van der Waals surface area contributed by atoms with Gasteiger partial charge in [-0.25, -0.2) is 0 Å². The van der Waals surface area contributed by atoms with Crippen LogP contribution in [0.4, 0.5) is 5.69 Å². The molecule has 1 aromatic carbocycles. The van der Waals surface area contributed by atoms with Gasteiger partial charge in [-0.3, -0.25) is 0 Å². The molecular weight excluding hydrogens is 278 g/mol. The van der Waals surface area contributed by atoms with E-state index in [2.05, 4.69) is 54.2 Å². The van der Waals surface area contributed by atoms with Gasteiger partial charge in [-0.2, -0.15) is 0 Å². The van der Waals surface area contributed by atoms with E-state index in [1.54, 1.807) is 0 Å². The molecular formula is C14H20BrNO. The Morgan fingerprint density at radius 2 is 2.18 bits per heavy atom. The van der Waals surface area contributed by atoms with Crippen molar-refractivity contribution in [3.8, 4) is 0 Å². The highest BCUT2D eigenvalue weighted by Gasteiger charge is 2.23. The van der Waals surface area contributed by atoms with Gasteiger partial charge in [0.15, 0.2) is 0 Å². The average molecular weight is 298 g/mol. The zero-order chi connectivity index (χ0) is 12.4. The number of aryl methyl sites for hydroxylation is 2. The maximum absolute atomic E-state index is 5.44. The smallest absolute Gasteiger partial charge is 0.0516 e.